The van der Waals surface area contributed by atoms with E-state index < -0.39 is 0 Å². The zero-order chi connectivity index (χ0) is 19.3. The van der Waals surface area contributed by atoms with Crippen molar-refractivity contribution in [3.8, 4) is 11.5 Å². The number of halogens is 1. The third-order valence-corrected chi connectivity index (χ3v) is 6.23. The second kappa shape index (κ2) is 6.94. The molecule has 2 aromatic carbocycles. The Hall–Kier alpha value is -2.30. The Kier molecular flexibility index (Phi) is 4.41. The summed E-state index contributed by atoms with van der Waals surface area (Å²) in [5, 5.41) is 0.664. The number of hydrogen-bond acceptors (Lipinski definition) is 4. The molecule has 0 N–H and O–H groups in total. The van der Waals surface area contributed by atoms with E-state index in [2.05, 4.69) is 4.90 Å². The average Bonchev–Trinajstić information content (AvgIpc) is 3.34. The highest BCUT2D eigenvalue weighted by atomic mass is 35.5. The normalized spacial score (nSPS) is 20.8. The van der Waals surface area contributed by atoms with Gasteiger partial charge >= 0.3 is 0 Å². The lowest BCUT2D eigenvalue weighted by atomic mass is 9.99. The first-order valence-corrected chi connectivity index (χ1v) is 10.2. The Morgan fingerprint density at radius 1 is 1.14 bits per heavy atom. The molecule has 28 heavy (non-hydrogen) atoms. The predicted molar refractivity (Wildman–Crippen MR) is 109 cm³/mol. The topological polar surface area (TPSA) is 38.8 Å². The van der Waals surface area contributed by atoms with Crippen LogP contribution >= 0.6 is 11.6 Å². The lowest BCUT2D eigenvalue weighted by Gasteiger charge is -2.34. The van der Waals surface area contributed by atoms with Crippen molar-refractivity contribution in [3.63, 3.8) is 0 Å². The van der Waals surface area contributed by atoms with E-state index in [9.17, 15) is 4.79 Å². The maximum Gasteiger partial charge on any atom is 0.231 e. The fourth-order valence-corrected chi connectivity index (χ4v) is 4.61. The summed E-state index contributed by atoms with van der Waals surface area (Å²) in [6, 6.07) is 9.90. The first-order chi connectivity index (χ1) is 13.6. The number of hydrogen-bond donors (Lipinski definition) is 0. The van der Waals surface area contributed by atoms with Gasteiger partial charge in [-0.2, -0.15) is 0 Å². The molecule has 1 fully saturated rings. The highest BCUT2D eigenvalue weighted by Crippen LogP contribution is 2.44. The number of benzene rings is 2. The van der Waals surface area contributed by atoms with Crippen LogP contribution in [0.25, 0.3) is 6.08 Å². The summed E-state index contributed by atoms with van der Waals surface area (Å²) in [4.78, 5) is 15.4. The molecule has 0 amide bonds. The highest BCUT2D eigenvalue weighted by Gasteiger charge is 2.35. The largest absolute Gasteiger partial charge is 0.477 e. The monoisotopic (exact) mass is 395 g/mol. The van der Waals surface area contributed by atoms with Crippen molar-refractivity contribution in [1.82, 2.24) is 4.90 Å². The molecule has 144 valence electrons. The summed E-state index contributed by atoms with van der Waals surface area (Å²) in [6.07, 6.45) is 6.82. The summed E-state index contributed by atoms with van der Waals surface area (Å²) in [7, 11) is 0. The van der Waals surface area contributed by atoms with Crippen LogP contribution in [0.2, 0.25) is 5.02 Å². The summed E-state index contributed by atoms with van der Waals surface area (Å²) < 4.78 is 12.1. The lowest BCUT2D eigenvalue weighted by Crippen LogP contribution is -2.39. The number of carbonyl (C=O) groups excluding carboxylic acids is 1. The number of allylic oxidation sites excluding steroid dienone is 1. The number of Topliss-reactive ketones (excluding diaryl/α,β-unsaturated/α-hetero) is 1. The number of ether oxygens (including phenoxy) is 2. The predicted octanol–water partition coefficient (Wildman–Crippen LogP) is 5.36. The molecule has 0 bridgehead atoms. The maximum atomic E-state index is 13.0. The van der Waals surface area contributed by atoms with Crippen LogP contribution in [-0.2, 0) is 6.54 Å². The lowest BCUT2D eigenvalue weighted by molar-refractivity contribution is 0.0570. The summed E-state index contributed by atoms with van der Waals surface area (Å²) in [5.41, 5.74) is 3.51. The first kappa shape index (κ1) is 17.8. The zero-order valence-corrected chi connectivity index (χ0v) is 16.6. The molecule has 2 aliphatic heterocycles. The molecule has 0 saturated heterocycles. The molecule has 0 spiro atoms. The molecule has 0 atom stereocenters. The first-order valence-electron chi connectivity index (χ1n) is 9.83. The van der Waals surface area contributed by atoms with Gasteiger partial charge in [0, 0.05) is 28.7 Å². The van der Waals surface area contributed by atoms with Crippen LogP contribution in [0, 0.1) is 6.92 Å². The van der Waals surface area contributed by atoms with Gasteiger partial charge in [-0.25, -0.2) is 0 Å². The van der Waals surface area contributed by atoms with Crippen LogP contribution in [0.15, 0.2) is 36.1 Å². The third-order valence-electron chi connectivity index (χ3n) is 5.97. The minimum atomic E-state index is -0.0751. The summed E-state index contributed by atoms with van der Waals surface area (Å²) in [5.74, 6) is 1.76. The van der Waals surface area contributed by atoms with Gasteiger partial charge in [0.25, 0.3) is 0 Å². The second-order valence-corrected chi connectivity index (χ2v) is 8.25. The molecule has 3 aliphatic rings. The number of nitrogens with zero attached hydrogens (tertiary/aromatic N) is 1. The highest BCUT2D eigenvalue weighted by molar-refractivity contribution is 6.30. The van der Waals surface area contributed by atoms with Crippen molar-refractivity contribution in [3.05, 3.63) is 63.4 Å². The number of carbonyl (C=O) groups is 1. The number of rotatable bonds is 2. The second-order valence-electron chi connectivity index (χ2n) is 7.82. The average molecular weight is 396 g/mol. The number of fused-ring (bicyclic) bond motifs is 2. The van der Waals surface area contributed by atoms with Crippen molar-refractivity contribution >= 4 is 23.5 Å². The standard InChI is InChI=1S/C23H22ClNO3/c1-14-22-16(12-25(13-27-22)18-4-2-3-5-18)11-19-21(26)20(28-23(14)19)10-15-6-8-17(24)9-7-15/h6-11,18H,2-5,12-13H2,1H3/b20-10-. The van der Waals surface area contributed by atoms with E-state index in [4.69, 9.17) is 21.1 Å². The molecule has 0 unspecified atom stereocenters. The van der Waals surface area contributed by atoms with E-state index >= 15 is 0 Å². The molecular formula is C23H22ClNO3. The van der Waals surface area contributed by atoms with E-state index in [1.807, 2.05) is 25.1 Å². The van der Waals surface area contributed by atoms with Gasteiger partial charge in [0.2, 0.25) is 5.78 Å². The molecule has 0 radical (unpaired) electrons. The van der Waals surface area contributed by atoms with Crippen molar-refractivity contribution < 1.29 is 14.3 Å². The maximum absolute atomic E-state index is 13.0. The van der Waals surface area contributed by atoms with Gasteiger partial charge in [0.1, 0.15) is 18.2 Å². The van der Waals surface area contributed by atoms with Gasteiger partial charge in [0.15, 0.2) is 5.76 Å². The fourth-order valence-electron chi connectivity index (χ4n) is 4.48. The molecule has 5 heteroatoms. The van der Waals surface area contributed by atoms with Crippen molar-refractivity contribution in [2.45, 2.75) is 45.2 Å². The smallest absolute Gasteiger partial charge is 0.231 e. The van der Waals surface area contributed by atoms with E-state index in [-0.39, 0.29) is 5.78 Å². The molecule has 0 aromatic heterocycles. The molecule has 2 aromatic rings. The van der Waals surface area contributed by atoms with Gasteiger partial charge in [-0.15, -0.1) is 0 Å². The Labute approximate surface area is 169 Å². The Morgan fingerprint density at radius 2 is 1.89 bits per heavy atom. The molecule has 4 nitrogen and oxygen atoms in total. The van der Waals surface area contributed by atoms with Crippen LogP contribution < -0.4 is 9.47 Å². The van der Waals surface area contributed by atoms with Gasteiger partial charge in [-0.3, -0.25) is 9.69 Å². The van der Waals surface area contributed by atoms with E-state index in [0.29, 0.717) is 34.9 Å². The van der Waals surface area contributed by atoms with Crippen LogP contribution in [0.4, 0.5) is 0 Å². The number of ketones is 1. The molecule has 2 heterocycles. The van der Waals surface area contributed by atoms with Crippen molar-refractivity contribution in [1.29, 1.82) is 0 Å². The zero-order valence-electron chi connectivity index (χ0n) is 15.8. The van der Waals surface area contributed by atoms with E-state index in [1.54, 1.807) is 18.2 Å². The van der Waals surface area contributed by atoms with Crippen LogP contribution in [-0.4, -0.2) is 23.5 Å². The Morgan fingerprint density at radius 3 is 2.64 bits per heavy atom. The van der Waals surface area contributed by atoms with Gasteiger partial charge in [-0.05, 0) is 49.6 Å². The molecular weight excluding hydrogens is 374 g/mol. The minimum Gasteiger partial charge on any atom is -0.477 e. The van der Waals surface area contributed by atoms with Gasteiger partial charge in [-0.1, -0.05) is 36.6 Å². The van der Waals surface area contributed by atoms with Crippen LogP contribution in [0.1, 0.15) is 52.7 Å². The van der Waals surface area contributed by atoms with Crippen LogP contribution in [0.3, 0.4) is 0 Å². The molecule has 5 rings (SSSR count). The summed E-state index contributed by atoms with van der Waals surface area (Å²) >= 11 is 5.95. The SMILES string of the molecule is Cc1c2c(cc3c1O/C(=C\c1ccc(Cl)cc1)C3=O)CN(C1CCCC1)CO2. The van der Waals surface area contributed by atoms with Crippen molar-refractivity contribution in [2.75, 3.05) is 6.73 Å². The van der Waals surface area contributed by atoms with E-state index in [0.717, 1.165) is 29.0 Å². The fraction of sp³-hybridized carbons (Fsp3) is 0.348. The van der Waals surface area contributed by atoms with Crippen molar-refractivity contribution in [2.24, 2.45) is 0 Å². The minimum absolute atomic E-state index is 0.0751. The van der Waals surface area contributed by atoms with Crippen LogP contribution in [0.5, 0.6) is 11.5 Å². The van der Waals surface area contributed by atoms with Gasteiger partial charge < -0.3 is 9.47 Å². The Balaban J connectivity index is 1.46. The third kappa shape index (κ3) is 3.01. The molecule has 1 saturated carbocycles. The summed E-state index contributed by atoms with van der Waals surface area (Å²) in [6.45, 7) is 3.41. The van der Waals surface area contributed by atoms with E-state index in [1.165, 1.54) is 25.7 Å². The quantitative estimate of drug-likeness (QED) is 0.642. The molecule has 1 aliphatic carbocycles. The Bertz CT molecular complexity index is 974. The van der Waals surface area contributed by atoms with Gasteiger partial charge in [0.05, 0.1) is 5.56 Å².